The van der Waals surface area contributed by atoms with E-state index < -0.39 is 0 Å². The van der Waals surface area contributed by atoms with Crippen molar-refractivity contribution in [2.75, 3.05) is 18.5 Å². The Hall–Kier alpha value is -0.800. The van der Waals surface area contributed by atoms with Gasteiger partial charge in [-0.25, -0.2) is 0 Å². The predicted octanol–water partition coefficient (Wildman–Crippen LogP) is 0.908. The first-order valence-corrected chi connectivity index (χ1v) is 3.18. The number of hydrogen-bond acceptors (Lipinski definition) is 3. The SMILES string of the molecule is Cl.OCCNc1cccnc1. The first-order valence-electron chi connectivity index (χ1n) is 3.18. The molecule has 0 aliphatic rings. The highest BCUT2D eigenvalue weighted by molar-refractivity contribution is 5.85. The van der Waals surface area contributed by atoms with Gasteiger partial charge in [-0.15, -0.1) is 12.4 Å². The zero-order valence-electron chi connectivity index (χ0n) is 6.03. The van der Waals surface area contributed by atoms with Crippen LogP contribution in [0, 0.1) is 0 Å². The Morgan fingerprint density at radius 2 is 2.36 bits per heavy atom. The molecule has 1 rings (SSSR count). The molecule has 0 atom stereocenters. The standard InChI is InChI=1S/C7H10N2O.ClH/c10-5-4-9-7-2-1-3-8-6-7;/h1-3,6,9-10H,4-5H2;1H. The molecule has 0 saturated carbocycles. The van der Waals surface area contributed by atoms with Crippen LogP contribution in [-0.2, 0) is 0 Å². The molecule has 1 heterocycles. The van der Waals surface area contributed by atoms with Crippen molar-refractivity contribution in [3.8, 4) is 0 Å². The summed E-state index contributed by atoms with van der Waals surface area (Å²) in [7, 11) is 0. The largest absolute Gasteiger partial charge is 0.395 e. The number of anilines is 1. The minimum absolute atomic E-state index is 0. The van der Waals surface area contributed by atoms with Gasteiger partial charge in [0, 0.05) is 18.9 Å². The second-order valence-corrected chi connectivity index (χ2v) is 1.89. The number of nitrogens with one attached hydrogen (secondary N) is 1. The molecule has 11 heavy (non-hydrogen) atoms. The number of halogens is 1. The molecule has 0 saturated heterocycles. The summed E-state index contributed by atoms with van der Waals surface area (Å²) in [5.74, 6) is 0. The van der Waals surface area contributed by atoms with Crippen LogP contribution in [0.4, 0.5) is 5.69 Å². The third-order valence-electron chi connectivity index (χ3n) is 1.10. The maximum atomic E-state index is 8.44. The molecule has 1 aromatic heterocycles. The van der Waals surface area contributed by atoms with Crippen molar-refractivity contribution in [1.29, 1.82) is 0 Å². The molecule has 1 aromatic rings. The van der Waals surface area contributed by atoms with Gasteiger partial charge in [0.2, 0.25) is 0 Å². The molecule has 0 amide bonds. The van der Waals surface area contributed by atoms with Crippen LogP contribution in [0.25, 0.3) is 0 Å². The van der Waals surface area contributed by atoms with E-state index in [0.717, 1.165) is 5.69 Å². The monoisotopic (exact) mass is 174 g/mol. The Balaban J connectivity index is 0.000001000. The van der Waals surface area contributed by atoms with Gasteiger partial charge in [-0.2, -0.15) is 0 Å². The molecule has 0 unspecified atom stereocenters. The fourth-order valence-corrected chi connectivity index (χ4v) is 0.668. The van der Waals surface area contributed by atoms with Crippen molar-refractivity contribution >= 4 is 18.1 Å². The molecule has 0 spiro atoms. The highest BCUT2D eigenvalue weighted by Crippen LogP contribution is 2.00. The summed E-state index contributed by atoms with van der Waals surface area (Å²) < 4.78 is 0. The summed E-state index contributed by atoms with van der Waals surface area (Å²) in [6.07, 6.45) is 3.43. The van der Waals surface area contributed by atoms with Crippen molar-refractivity contribution in [3.63, 3.8) is 0 Å². The molecular weight excluding hydrogens is 164 g/mol. The van der Waals surface area contributed by atoms with E-state index in [4.69, 9.17) is 5.11 Å². The number of aromatic nitrogens is 1. The second-order valence-electron chi connectivity index (χ2n) is 1.89. The molecule has 0 bridgehead atoms. The van der Waals surface area contributed by atoms with Gasteiger partial charge >= 0.3 is 0 Å². The van der Waals surface area contributed by atoms with Gasteiger partial charge in [0.15, 0.2) is 0 Å². The van der Waals surface area contributed by atoms with E-state index in [1.807, 2.05) is 12.1 Å². The number of pyridine rings is 1. The molecule has 62 valence electrons. The molecule has 0 aliphatic heterocycles. The number of nitrogens with zero attached hydrogens (tertiary/aromatic N) is 1. The average molecular weight is 175 g/mol. The molecule has 3 nitrogen and oxygen atoms in total. The molecule has 0 aromatic carbocycles. The molecule has 4 heteroatoms. The lowest BCUT2D eigenvalue weighted by Crippen LogP contribution is -2.04. The van der Waals surface area contributed by atoms with Crippen LogP contribution in [0.2, 0.25) is 0 Å². The Bertz CT molecular complexity index is 181. The number of aliphatic hydroxyl groups excluding tert-OH is 1. The van der Waals surface area contributed by atoms with E-state index in [1.54, 1.807) is 12.4 Å². The summed E-state index contributed by atoms with van der Waals surface area (Å²) >= 11 is 0. The van der Waals surface area contributed by atoms with Gasteiger partial charge in [0.05, 0.1) is 12.3 Å². The Labute approximate surface area is 71.9 Å². The quantitative estimate of drug-likeness (QED) is 0.716. The van der Waals surface area contributed by atoms with E-state index in [1.165, 1.54) is 0 Å². The van der Waals surface area contributed by atoms with Gasteiger partial charge < -0.3 is 10.4 Å². The summed E-state index contributed by atoms with van der Waals surface area (Å²) in [4.78, 5) is 3.89. The minimum Gasteiger partial charge on any atom is -0.395 e. The summed E-state index contributed by atoms with van der Waals surface area (Å²) in [6.45, 7) is 0.723. The minimum atomic E-state index is 0. The summed E-state index contributed by atoms with van der Waals surface area (Å²) in [6, 6.07) is 3.75. The predicted molar refractivity (Wildman–Crippen MR) is 47.1 cm³/mol. The van der Waals surface area contributed by atoms with Crippen LogP contribution in [0.3, 0.4) is 0 Å². The Morgan fingerprint density at radius 1 is 1.55 bits per heavy atom. The van der Waals surface area contributed by atoms with Crippen LogP contribution < -0.4 is 5.32 Å². The van der Waals surface area contributed by atoms with Crippen molar-refractivity contribution in [2.24, 2.45) is 0 Å². The number of aliphatic hydroxyl groups is 1. The lowest BCUT2D eigenvalue weighted by Gasteiger charge is -2.00. The second kappa shape index (κ2) is 5.95. The third-order valence-corrected chi connectivity index (χ3v) is 1.10. The molecule has 0 aliphatic carbocycles. The van der Waals surface area contributed by atoms with Gasteiger partial charge in [-0.1, -0.05) is 0 Å². The van der Waals surface area contributed by atoms with Gasteiger partial charge in [-0.3, -0.25) is 4.98 Å². The van der Waals surface area contributed by atoms with Crippen LogP contribution >= 0.6 is 12.4 Å². The Kier molecular flexibility index (Phi) is 5.51. The van der Waals surface area contributed by atoms with Crippen molar-refractivity contribution in [2.45, 2.75) is 0 Å². The first kappa shape index (κ1) is 10.2. The topological polar surface area (TPSA) is 45.1 Å². The van der Waals surface area contributed by atoms with Gasteiger partial charge in [0.1, 0.15) is 0 Å². The van der Waals surface area contributed by atoms with Crippen LogP contribution in [0.1, 0.15) is 0 Å². The normalized spacial score (nSPS) is 8.45. The highest BCUT2D eigenvalue weighted by atomic mass is 35.5. The third kappa shape index (κ3) is 3.80. The zero-order valence-corrected chi connectivity index (χ0v) is 6.84. The van der Waals surface area contributed by atoms with E-state index in [2.05, 4.69) is 10.3 Å². The van der Waals surface area contributed by atoms with Gasteiger partial charge in [0.25, 0.3) is 0 Å². The number of hydrogen-bond donors (Lipinski definition) is 2. The van der Waals surface area contributed by atoms with Crippen LogP contribution in [0.15, 0.2) is 24.5 Å². The van der Waals surface area contributed by atoms with Crippen LogP contribution in [-0.4, -0.2) is 23.2 Å². The molecule has 0 fully saturated rings. The lowest BCUT2D eigenvalue weighted by molar-refractivity contribution is 0.311. The van der Waals surface area contributed by atoms with E-state index in [9.17, 15) is 0 Å². The van der Waals surface area contributed by atoms with Crippen LogP contribution in [0.5, 0.6) is 0 Å². The zero-order chi connectivity index (χ0) is 7.23. The van der Waals surface area contributed by atoms with E-state index >= 15 is 0 Å². The highest BCUT2D eigenvalue weighted by Gasteiger charge is 1.85. The Morgan fingerprint density at radius 3 is 2.91 bits per heavy atom. The lowest BCUT2D eigenvalue weighted by atomic mass is 10.4. The number of rotatable bonds is 3. The smallest absolute Gasteiger partial charge is 0.0604 e. The van der Waals surface area contributed by atoms with E-state index in [-0.39, 0.29) is 19.0 Å². The summed E-state index contributed by atoms with van der Waals surface area (Å²) in [5, 5.41) is 11.4. The summed E-state index contributed by atoms with van der Waals surface area (Å²) in [5.41, 5.74) is 0.941. The van der Waals surface area contributed by atoms with Crippen molar-refractivity contribution < 1.29 is 5.11 Å². The van der Waals surface area contributed by atoms with Gasteiger partial charge in [-0.05, 0) is 12.1 Å². The first-order chi connectivity index (χ1) is 4.93. The fraction of sp³-hybridized carbons (Fsp3) is 0.286. The van der Waals surface area contributed by atoms with Crippen molar-refractivity contribution in [1.82, 2.24) is 4.98 Å². The fourth-order valence-electron chi connectivity index (χ4n) is 0.668. The van der Waals surface area contributed by atoms with E-state index in [0.29, 0.717) is 6.54 Å². The van der Waals surface area contributed by atoms with Crippen molar-refractivity contribution in [3.05, 3.63) is 24.5 Å². The molecule has 0 radical (unpaired) electrons. The molecular formula is C7H11ClN2O. The maximum Gasteiger partial charge on any atom is 0.0604 e. The maximum absolute atomic E-state index is 8.44. The average Bonchev–Trinajstić information content (AvgIpc) is 2.03. The molecule has 2 N–H and O–H groups in total.